The zero-order chi connectivity index (χ0) is 13.2. The predicted octanol–water partition coefficient (Wildman–Crippen LogP) is 0.961. The first kappa shape index (κ1) is 14.6. The van der Waals surface area contributed by atoms with Gasteiger partial charge >= 0.3 is 0 Å². The van der Waals surface area contributed by atoms with Gasteiger partial charge in [0.1, 0.15) is 5.82 Å². The number of carbonyl (C=O) groups is 1. The molecule has 2 nitrogen and oxygen atoms in total. The Kier molecular flexibility index (Phi) is 4.47. The number of ketones is 1. The van der Waals surface area contributed by atoms with Gasteiger partial charge in [-0.05, 0) is 24.3 Å². The molecule has 20 heavy (non-hydrogen) atoms. The summed E-state index contributed by atoms with van der Waals surface area (Å²) in [5, 5.41) is 2.02. The van der Waals surface area contributed by atoms with E-state index in [2.05, 4.69) is 0 Å². The van der Waals surface area contributed by atoms with Gasteiger partial charge in [0.05, 0.1) is 12.1 Å². The summed E-state index contributed by atoms with van der Waals surface area (Å²) in [5.41, 5.74) is 1.65. The van der Waals surface area contributed by atoms with E-state index < -0.39 is 0 Å². The normalized spacial score (nSPS) is 10.2. The van der Waals surface area contributed by atoms with Crippen molar-refractivity contribution in [1.29, 1.82) is 0 Å². The fraction of sp³-hybridized carbons (Fsp3) is 0.0667. The van der Waals surface area contributed by atoms with Crippen molar-refractivity contribution in [2.75, 3.05) is 0 Å². The highest BCUT2D eigenvalue weighted by molar-refractivity contribution is 7.13. The SMILES string of the molecule is O=C(Cn1ccc2[s+]ccc-2c1)c1ccc(F)cc1.[Cl-]. The molecular weight excluding hydrogens is 297 g/mol. The van der Waals surface area contributed by atoms with Crippen LogP contribution in [0.4, 0.5) is 4.39 Å². The van der Waals surface area contributed by atoms with Crippen LogP contribution in [0.3, 0.4) is 0 Å². The van der Waals surface area contributed by atoms with Crippen LogP contribution in [-0.2, 0) is 6.54 Å². The molecule has 2 aliphatic rings. The van der Waals surface area contributed by atoms with Crippen molar-refractivity contribution in [3.63, 3.8) is 0 Å². The quantitative estimate of drug-likeness (QED) is 0.522. The Balaban J connectivity index is 0.00000147. The number of thiophene rings is 1. The topological polar surface area (TPSA) is 22.0 Å². The number of nitrogens with zero attached hydrogens (tertiary/aromatic N) is 1. The van der Waals surface area contributed by atoms with Gasteiger partial charge in [0.15, 0.2) is 11.2 Å². The molecule has 0 saturated carbocycles. The number of fused-ring (bicyclic) bond motifs is 1. The summed E-state index contributed by atoms with van der Waals surface area (Å²) in [5.74, 6) is -0.358. The van der Waals surface area contributed by atoms with E-state index in [9.17, 15) is 9.18 Å². The van der Waals surface area contributed by atoms with E-state index in [0.717, 1.165) is 5.56 Å². The van der Waals surface area contributed by atoms with E-state index in [0.29, 0.717) is 5.56 Å². The number of aromatic nitrogens is 1. The summed E-state index contributed by atoms with van der Waals surface area (Å²) in [6, 6.07) is 9.67. The van der Waals surface area contributed by atoms with E-state index in [1.807, 2.05) is 34.5 Å². The Morgan fingerprint density at radius 1 is 1.15 bits per heavy atom. The maximum Gasteiger partial charge on any atom is 0.241 e. The number of hydrogen-bond acceptors (Lipinski definition) is 1. The van der Waals surface area contributed by atoms with Crippen LogP contribution in [0, 0.1) is 5.82 Å². The summed E-state index contributed by atoms with van der Waals surface area (Å²) in [6.45, 7) is 0.261. The minimum Gasteiger partial charge on any atom is -1.00 e. The minimum absolute atomic E-state index is 0. The van der Waals surface area contributed by atoms with Crippen LogP contribution in [0.15, 0.2) is 54.2 Å². The lowest BCUT2D eigenvalue weighted by molar-refractivity contribution is -0.0000124. The van der Waals surface area contributed by atoms with E-state index in [4.69, 9.17) is 0 Å². The molecule has 102 valence electrons. The highest BCUT2D eigenvalue weighted by atomic mass is 35.5. The second-order valence-electron chi connectivity index (χ2n) is 4.29. The molecule has 0 atom stereocenters. The first-order valence-electron chi connectivity index (χ1n) is 5.87. The maximum atomic E-state index is 12.8. The Labute approximate surface area is 126 Å². The first-order chi connectivity index (χ1) is 9.22. The van der Waals surface area contributed by atoms with Crippen LogP contribution in [0.25, 0.3) is 10.4 Å². The molecular formula is C15H11ClFNOS. The smallest absolute Gasteiger partial charge is 0.241 e. The Morgan fingerprint density at radius 3 is 2.65 bits per heavy atom. The summed E-state index contributed by atoms with van der Waals surface area (Å²) in [6.07, 6.45) is 3.84. The Bertz CT molecular complexity index is 695. The molecule has 0 saturated heterocycles. The lowest BCUT2D eigenvalue weighted by Gasteiger charge is -2.06. The number of Topliss-reactive ketones (excluding diaryl/α,β-unsaturated/α-hetero) is 1. The van der Waals surface area contributed by atoms with Crippen LogP contribution in [0.1, 0.15) is 10.4 Å². The minimum atomic E-state index is -0.330. The highest BCUT2D eigenvalue weighted by Crippen LogP contribution is 2.26. The van der Waals surface area contributed by atoms with E-state index in [-0.39, 0.29) is 30.6 Å². The van der Waals surface area contributed by atoms with E-state index in [1.54, 1.807) is 11.3 Å². The predicted molar refractivity (Wildman–Crippen MR) is 74.1 cm³/mol. The van der Waals surface area contributed by atoms with Crippen LogP contribution in [-0.4, -0.2) is 10.4 Å². The van der Waals surface area contributed by atoms with E-state index in [1.165, 1.54) is 29.1 Å². The van der Waals surface area contributed by atoms with Crippen molar-refractivity contribution in [3.8, 4) is 10.4 Å². The average Bonchev–Trinajstić information content (AvgIpc) is 2.87. The number of carbonyl (C=O) groups excluding carboxylic acids is 1. The number of pyridine rings is 1. The lowest BCUT2D eigenvalue weighted by atomic mass is 10.1. The van der Waals surface area contributed by atoms with Crippen molar-refractivity contribution in [1.82, 2.24) is 4.57 Å². The molecule has 3 rings (SSSR count). The molecule has 0 radical (unpaired) electrons. The number of halogens is 2. The number of hydrogen-bond donors (Lipinski definition) is 0. The first-order valence-corrected chi connectivity index (χ1v) is 6.75. The molecule has 0 unspecified atom stereocenters. The largest absolute Gasteiger partial charge is 1.00 e. The molecule has 2 heterocycles. The molecule has 0 N–H and O–H groups in total. The molecule has 2 aliphatic heterocycles. The average molecular weight is 308 g/mol. The Morgan fingerprint density at radius 2 is 1.90 bits per heavy atom. The zero-order valence-corrected chi connectivity index (χ0v) is 12.0. The van der Waals surface area contributed by atoms with Crippen molar-refractivity contribution in [2.45, 2.75) is 6.54 Å². The van der Waals surface area contributed by atoms with Crippen LogP contribution < -0.4 is 12.4 Å². The van der Waals surface area contributed by atoms with Gasteiger partial charge in [0, 0.05) is 30.1 Å². The Hall–Kier alpha value is -1.78. The van der Waals surface area contributed by atoms with Gasteiger partial charge in [-0.2, -0.15) is 0 Å². The van der Waals surface area contributed by atoms with E-state index >= 15 is 0 Å². The van der Waals surface area contributed by atoms with Crippen molar-refractivity contribution < 1.29 is 21.6 Å². The van der Waals surface area contributed by atoms with Gasteiger partial charge in [0.25, 0.3) is 0 Å². The third-order valence-electron chi connectivity index (χ3n) is 2.94. The third kappa shape index (κ3) is 3.03. The summed E-state index contributed by atoms with van der Waals surface area (Å²) < 4.78 is 14.6. The van der Waals surface area contributed by atoms with Crippen LogP contribution in [0.2, 0.25) is 0 Å². The fourth-order valence-corrected chi connectivity index (χ4v) is 2.71. The molecule has 0 bridgehead atoms. The lowest BCUT2D eigenvalue weighted by Crippen LogP contribution is -3.00. The van der Waals surface area contributed by atoms with Crippen molar-refractivity contribution in [3.05, 3.63) is 65.6 Å². The number of rotatable bonds is 3. The van der Waals surface area contributed by atoms with Crippen LogP contribution >= 0.6 is 11.3 Å². The molecule has 0 aliphatic carbocycles. The van der Waals surface area contributed by atoms with Gasteiger partial charge in [-0.1, -0.05) is 0 Å². The molecule has 5 heteroatoms. The zero-order valence-electron chi connectivity index (χ0n) is 10.4. The fourth-order valence-electron chi connectivity index (χ4n) is 1.95. The molecule has 1 aromatic carbocycles. The van der Waals surface area contributed by atoms with Crippen LogP contribution in [0.5, 0.6) is 0 Å². The van der Waals surface area contributed by atoms with Gasteiger partial charge in [-0.15, -0.1) is 0 Å². The monoisotopic (exact) mass is 307 g/mol. The third-order valence-corrected chi connectivity index (χ3v) is 3.84. The second-order valence-corrected chi connectivity index (χ2v) is 5.24. The molecule has 0 aromatic heterocycles. The maximum absolute atomic E-state index is 12.8. The summed E-state index contributed by atoms with van der Waals surface area (Å²) in [4.78, 5) is 13.3. The summed E-state index contributed by atoms with van der Waals surface area (Å²) >= 11 is 1.67. The van der Waals surface area contributed by atoms with Crippen molar-refractivity contribution >= 4 is 17.1 Å². The van der Waals surface area contributed by atoms with Gasteiger partial charge in [0.2, 0.25) is 16.2 Å². The molecule has 0 amide bonds. The van der Waals surface area contributed by atoms with Gasteiger partial charge < -0.3 is 17.0 Å². The van der Waals surface area contributed by atoms with Crippen molar-refractivity contribution in [2.24, 2.45) is 0 Å². The highest BCUT2D eigenvalue weighted by Gasteiger charge is 2.14. The van der Waals surface area contributed by atoms with Gasteiger partial charge in [-0.3, -0.25) is 4.79 Å². The second kappa shape index (κ2) is 6.11. The number of benzene rings is 1. The standard InChI is InChI=1S/C15H11FNOS.ClH/c16-13-3-1-11(2-4-13)14(18)10-17-7-5-15-12(9-17)6-8-19-15;/h1-9H,10H2;1H/q+1;/p-1. The molecule has 0 fully saturated rings. The molecule has 0 spiro atoms. The summed E-state index contributed by atoms with van der Waals surface area (Å²) in [7, 11) is 0. The molecule has 1 aromatic rings. The van der Waals surface area contributed by atoms with Gasteiger partial charge in [-0.25, -0.2) is 4.39 Å².